The third-order valence-corrected chi connectivity index (χ3v) is 5.05. The van der Waals surface area contributed by atoms with Crippen LogP contribution in [0.2, 0.25) is 0 Å². The number of aliphatic imine (C=N–C) groups is 1. The van der Waals surface area contributed by atoms with Crippen LogP contribution in [0, 0.1) is 0 Å². The Morgan fingerprint density at radius 3 is 2.79 bits per heavy atom. The van der Waals surface area contributed by atoms with Crippen LogP contribution in [0.1, 0.15) is 10.4 Å². The summed E-state index contributed by atoms with van der Waals surface area (Å²) in [5.74, 6) is 2.45. The van der Waals surface area contributed by atoms with Gasteiger partial charge in [-0.3, -0.25) is 4.99 Å². The molecule has 8 heteroatoms. The highest BCUT2D eigenvalue weighted by Gasteiger charge is 2.12. The number of hydrogen-bond acceptors (Lipinski definition) is 4. The highest BCUT2D eigenvalue weighted by molar-refractivity contribution is 14.0. The molecule has 0 unspecified atom stereocenters. The molecular weight excluding hydrogens is 505 g/mol. The normalized spacial score (nSPS) is 12.7. The number of benzene rings is 1. The lowest BCUT2D eigenvalue weighted by atomic mass is 10.1. The van der Waals surface area contributed by atoms with Gasteiger partial charge >= 0.3 is 0 Å². The molecule has 3 rings (SSSR count). The summed E-state index contributed by atoms with van der Waals surface area (Å²) in [5, 5.41) is 6.63. The second-order valence-electron chi connectivity index (χ2n) is 5.00. The summed E-state index contributed by atoms with van der Waals surface area (Å²) in [7, 11) is 1.78. The molecule has 0 fully saturated rings. The zero-order valence-corrected chi connectivity index (χ0v) is 17.9. The van der Waals surface area contributed by atoms with Gasteiger partial charge < -0.3 is 20.1 Å². The van der Waals surface area contributed by atoms with Crippen LogP contribution >= 0.6 is 51.2 Å². The van der Waals surface area contributed by atoms with Crippen LogP contribution in [0.15, 0.2) is 39.1 Å². The molecule has 0 spiro atoms. The Morgan fingerprint density at radius 1 is 1.21 bits per heavy atom. The molecule has 0 saturated heterocycles. The highest BCUT2D eigenvalue weighted by Crippen LogP contribution is 2.32. The topological polar surface area (TPSA) is 54.9 Å². The van der Waals surface area contributed by atoms with E-state index < -0.39 is 0 Å². The van der Waals surface area contributed by atoms with Gasteiger partial charge in [-0.15, -0.1) is 35.3 Å². The van der Waals surface area contributed by atoms with Crippen LogP contribution in [0.4, 0.5) is 0 Å². The van der Waals surface area contributed by atoms with Crippen molar-refractivity contribution in [1.82, 2.24) is 10.6 Å². The lowest BCUT2D eigenvalue weighted by Gasteiger charge is -2.11. The van der Waals surface area contributed by atoms with E-state index >= 15 is 0 Å². The van der Waals surface area contributed by atoms with E-state index in [1.807, 2.05) is 12.1 Å². The first-order valence-corrected chi connectivity index (χ1v) is 8.93. The number of ether oxygens (including phenoxy) is 2. The first-order valence-electron chi connectivity index (χ1n) is 7.32. The van der Waals surface area contributed by atoms with Crippen molar-refractivity contribution < 1.29 is 9.47 Å². The minimum Gasteiger partial charge on any atom is -0.454 e. The zero-order chi connectivity index (χ0) is 16.1. The number of thiophene rings is 1. The molecule has 0 saturated carbocycles. The summed E-state index contributed by atoms with van der Waals surface area (Å²) >= 11 is 5.19. The van der Waals surface area contributed by atoms with Gasteiger partial charge in [0.25, 0.3) is 0 Å². The van der Waals surface area contributed by atoms with Gasteiger partial charge in [0.05, 0.1) is 10.3 Å². The third kappa shape index (κ3) is 5.25. The Bertz CT molecular complexity index is 708. The van der Waals surface area contributed by atoms with Crippen LogP contribution in [0.3, 0.4) is 0 Å². The van der Waals surface area contributed by atoms with Gasteiger partial charge in [-0.25, -0.2) is 0 Å². The van der Waals surface area contributed by atoms with Crippen LogP contribution in [0.25, 0.3) is 0 Å². The number of nitrogens with zero attached hydrogens (tertiary/aromatic N) is 1. The van der Waals surface area contributed by atoms with Gasteiger partial charge in [0, 0.05) is 18.5 Å². The summed E-state index contributed by atoms with van der Waals surface area (Å²) in [4.78, 5) is 5.50. The highest BCUT2D eigenvalue weighted by atomic mass is 127. The van der Waals surface area contributed by atoms with Gasteiger partial charge in [-0.05, 0) is 52.2 Å². The SMILES string of the molecule is CN=C(NCCc1ccc2c(c1)OCO2)NCc1ccc(Br)s1.I. The van der Waals surface area contributed by atoms with Crippen molar-refractivity contribution in [2.24, 2.45) is 4.99 Å². The number of hydrogen-bond donors (Lipinski definition) is 2. The zero-order valence-electron chi connectivity index (χ0n) is 13.2. The quantitative estimate of drug-likeness (QED) is 0.356. The van der Waals surface area contributed by atoms with Gasteiger partial charge in [-0.2, -0.15) is 0 Å². The van der Waals surface area contributed by atoms with E-state index in [0.29, 0.717) is 6.79 Å². The molecule has 130 valence electrons. The predicted molar refractivity (Wildman–Crippen MR) is 112 cm³/mol. The minimum atomic E-state index is 0. The van der Waals surface area contributed by atoms with Gasteiger partial charge in [-0.1, -0.05) is 6.07 Å². The molecule has 0 bridgehead atoms. The van der Waals surface area contributed by atoms with E-state index in [1.54, 1.807) is 18.4 Å². The number of guanidine groups is 1. The van der Waals surface area contributed by atoms with Gasteiger partial charge in [0.15, 0.2) is 17.5 Å². The molecule has 5 nitrogen and oxygen atoms in total. The summed E-state index contributed by atoms with van der Waals surface area (Å²) < 4.78 is 11.9. The van der Waals surface area contributed by atoms with Crippen LogP contribution in [-0.4, -0.2) is 26.3 Å². The Balaban J connectivity index is 0.00000208. The fraction of sp³-hybridized carbons (Fsp3) is 0.312. The average Bonchev–Trinajstić information content (AvgIpc) is 3.18. The van der Waals surface area contributed by atoms with Crippen molar-refractivity contribution in [2.45, 2.75) is 13.0 Å². The molecule has 0 radical (unpaired) electrons. The Hall–Kier alpha value is -1.000. The molecule has 24 heavy (non-hydrogen) atoms. The van der Waals surface area contributed by atoms with Crippen molar-refractivity contribution >= 4 is 57.2 Å². The maximum atomic E-state index is 5.40. The first kappa shape index (κ1) is 19.3. The monoisotopic (exact) mass is 523 g/mol. The Kier molecular flexibility index (Phi) is 7.63. The largest absolute Gasteiger partial charge is 0.454 e. The van der Waals surface area contributed by atoms with E-state index in [0.717, 1.165) is 40.8 Å². The summed E-state index contributed by atoms with van der Waals surface area (Å²) in [5.41, 5.74) is 1.21. The van der Waals surface area contributed by atoms with Crippen molar-refractivity contribution in [3.05, 3.63) is 44.6 Å². The number of nitrogens with one attached hydrogen (secondary N) is 2. The number of fused-ring (bicyclic) bond motifs is 1. The molecule has 1 aliphatic rings. The second-order valence-corrected chi connectivity index (χ2v) is 7.54. The van der Waals surface area contributed by atoms with E-state index in [1.165, 1.54) is 10.4 Å². The van der Waals surface area contributed by atoms with E-state index in [4.69, 9.17) is 9.47 Å². The lowest BCUT2D eigenvalue weighted by molar-refractivity contribution is 0.174. The Labute approximate surface area is 171 Å². The van der Waals surface area contributed by atoms with E-state index in [9.17, 15) is 0 Å². The van der Waals surface area contributed by atoms with E-state index in [-0.39, 0.29) is 24.0 Å². The fourth-order valence-electron chi connectivity index (χ4n) is 2.26. The first-order chi connectivity index (χ1) is 11.2. The molecule has 2 heterocycles. The minimum absolute atomic E-state index is 0. The second kappa shape index (κ2) is 9.47. The standard InChI is InChI=1S/C16H18BrN3O2S.HI/c1-18-16(20-9-12-3-5-15(17)23-12)19-7-6-11-2-4-13-14(8-11)22-10-21-13;/h2-5,8H,6-7,9-10H2,1H3,(H2,18,19,20);1H. The maximum Gasteiger partial charge on any atom is 0.231 e. The summed E-state index contributed by atoms with van der Waals surface area (Å²) in [6.45, 7) is 1.87. The summed E-state index contributed by atoms with van der Waals surface area (Å²) in [6, 6.07) is 10.2. The Morgan fingerprint density at radius 2 is 2.04 bits per heavy atom. The van der Waals surface area contributed by atoms with Crippen LogP contribution < -0.4 is 20.1 Å². The van der Waals surface area contributed by atoms with Crippen molar-refractivity contribution in [3.8, 4) is 11.5 Å². The molecule has 1 aromatic carbocycles. The molecule has 0 atom stereocenters. The summed E-state index contributed by atoms with van der Waals surface area (Å²) in [6.07, 6.45) is 0.891. The molecule has 2 N–H and O–H groups in total. The number of halogens is 2. The van der Waals surface area contributed by atoms with Crippen LogP contribution in [-0.2, 0) is 13.0 Å². The fourth-order valence-corrected chi connectivity index (χ4v) is 3.68. The average molecular weight is 524 g/mol. The van der Waals surface area contributed by atoms with Crippen LogP contribution in [0.5, 0.6) is 11.5 Å². The van der Waals surface area contributed by atoms with Crippen molar-refractivity contribution in [1.29, 1.82) is 0 Å². The smallest absolute Gasteiger partial charge is 0.231 e. The molecule has 0 aliphatic carbocycles. The third-order valence-electron chi connectivity index (χ3n) is 3.43. The number of rotatable bonds is 5. The molecule has 2 aromatic rings. The van der Waals surface area contributed by atoms with Gasteiger partial charge in [0.2, 0.25) is 6.79 Å². The van der Waals surface area contributed by atoms with E-state index in [2.05, 4.69) is 49.8 Å². The molecule has 1 aromatic heterocycles. The lowest BCUT2D eigenvalue weighted by Crippen LogP contribution is -2.37. The van der Waals surface area contributed by atoms with Crippen molar-refractivity contribution in [3.63, 3.8) is 0 Å². The predicted octanol–water partition coefficient (Wildman–Crippen LogP) is 3.77. The molecular formula is C16H19BrIN3O2S. The molecule has 0 amide bonds. The molecule has 1 aliphatic heterocycles. The van der Waals surface area contributed by atoms with Gasteiger partial charge in [0.1, 0.15) is 0 Å². The maximum absolute atomic E-state index is 5.40. The van der Waals surface area contributed by atoms with Crippen molar-refractivity contribution in [2.75, 3.05) is 20.4 Å².